The van der Waals surface area contributed by atoms with Crippen LogP contribution in [0.25, 0.3) is 0 Å². The van der Waals surface area contributed by atoms with Gasteiger partial charge in [0.05, 0.1) is 26.1 Å². The van der Waals surface area contributed by atoms with E-state index < -0.39 is 5.79 Å². The molecule has 1 saturated heterocycles. The van der Waals surface area contributed by atoms with Gasteiger partial charge >= 0.3 is 0 Å². The molecule has 142 valence electrons. The normalized spacial score (nSPS) is 19.3. The second-order valence-electron chi connectivity index (χ2n) is 8.92. The molecule has 0 amide bonds. The van der Waals surface area contributed by atoms with Crippen LogP contribution in [0, 0.1) is 5.41 Å². The zero-order chi connectivity index (χ0) is 18.8. The van der Waals surface area contributed by atoms with Crippen molar-refractivity contribution in [1.82, 2.24) is 9.55 Å². The summed E-state index contributed by atoms with van der Waals surface area (Å²) in [6, 6.07) is 8.20. The van der Waals surface area contributed by atoms with E-state index >= 15 is 0 Å². The third kappa shape index (κ3) is 5.08. The molecule has 0 spiro atoms. The summed E-state index contributed by atoms with van der Waals surface area (Å²) < 4.78 is 20.5. The Labute approximate surface area is 156 Å². The van der Waals surface area contributed by atoms with E-state index in [4.69, 9.17) is 14.2 Å². The Kier molecular flexibility index (Phi) is 5.13. The fraction of sp³-hybridized carbons (Fsp3) is 0.571. The van der Waals surface area contributed by atoms with E-state index in [1.807, 2.05) is 43.7 Å². The highest BCUT2D eigenvalue weighted by atomic mass is 16.7. The Morgan fingerprint density at radius 1 is 1.12 bits per heavy atom. The van der Waals surface area contributed by atoms with Gasteiger partial charge in [-0.25, -0.2) is 4.98 Å². The number of benzene rings is 1. The number of hydrogen-bond acceptors (Lipinski definition) is 4. The van der Waals surface area contributed by atoms with E-state index in [9.17, 15) is 0 Å². The average molecular weight is 358 g/mol. The highest BCUT2D eigenvalue weighted by Gasteiger charge is 2.41. The van der Waals surface area contributed by atoms with Crippen molar-refractivity contribution in [3.8, 4) is 5.75 Å². The molecule has 1 aromatic heterocycles. The Morgan fingerprint density at radius 3 is 2.31 bits per heavy atom. The summed E-state index contributed by atoms with van der Waals surface area (Å²) in [6.07, 6.45) is 6.19. The van der Waals surface area contributed by atoms with Crippen molar-refractivity contribution in [2.24, 2.45) is 5.41 Å². The van der Waals surface area contributed by atoms with Crippen LogP contribution in [0.5, 0.6) is 5.75 Å². The number of hydrogen-bond donors (Lipinski definition) is 0. The van der Waals surface area contributed by atoms with Crippen LogP contribution in [0.15, 0.2) is 43.0 Å². The molecule has 5 heteroatoms. The van der Waals surface area contributed by atoms with Gasteiger partial charge in [-0.15, -0.1) is 0 Å². The van der Waals surface area contributed by atoms with Crippen molar-refractivity contribution in [1.29, 1.82) is 0 Å². The van der Waals surface area contributed by atoms with Gasteiger partial charge < -0.3 is 18.8 Å². The van der Waals surface area contributed by atoms with E-state index in [2.05, 4.69) is 31.0 Å². The molecular weight excluding hydrogens is 328 g/mol. The summed E-state index contributed by atoms with van der Waals surface area (Å²) in [7, 11) is 0. The van der Waals surface area contributed by atoms with E-state index in [0.29, 0.717) is 26.2 Å². The van der Waals surface area contributed by atoms with Gasteiger partial charge in [-0.1, -0.05) is 26.0 Å². The lowest BCUT2D eigenvalue weighted by molar-refractivity contribution is -0.304. The quantitative estimate of drug-likeness (QED) is 0.808. The van der Waals surface area contributed by atoms with Crippen molar-refractivity contribution < 1.29 is 14.2 Å². The maximum Gasteiger partial charge on any atom is 0.190 e. The predicted molar refractivity (Wildman–Crippen MR) is 101 cm³/mol. The molecule has 1 fully saturated rings. The van der Waals surface area contributed by atoms with Crippen molar-refractivity contribution in [2.45, 2.75) is 59.0 Å². The minimum atomic E-state index is -0.678. The molecule has 3 rings (SSSR count). The summed E-state index contributed by atoms with van der Waals surface area (Å²) in [4.78, 5) is 4.14. The molecule has 0 saturated carbocycles. The summed E-state index contributed by atoms with van der Waals surface area (Å²) >= 11 is 0. The van der Waals surface area contributed by atoms with Gasteiger partial charge in [0.2, 0.25) is 0 Å². The van der Waals surface area contributed by atoms with Crippen LogP contribution < -0.4 is 4.74 Å². The highest BCUT2D eigenvalue weighted by Crippen LogP contribution is 2.33. The topological polar surface area (TPSA) is 45.5 Å². The average Bonchev–Trinajstić information content (AvgIpc) is 3.04. The van der Waals surface area contributed by atoms with Crippen molar-refractivity contribution in [3.05, 3.63) is 48.5 Å². The Bertz CT molecular complexity index is 690. The lowest BCUT2D eigenvalue weighted by atomic mass is 9.93. The molecule has 5 nitrogen and oxygen atoms in total. The van der Waals surface area contributed by atoms with Crippen molar-refractivity contribution >= 4 is 0 Å². The zero-order valence-electron chi connectivity index (χ0n) is 16.5. The lowest BCUT2D eigenvalue weighted by Crippen LogP contribution is -2.51. The first-order valence-corrected chi connectivity index (χ1v) is 9.17. The lowest BCUT2D eigenvalue weighted by Gasteiger charge is -2.43. The van der Waals surface area contributed by atoms with Gasteiger partial charge in [-0.05, 0) is 38.5 Å². The highest BCUT2D eigenvalue weighted by molar-refractivity contribution is 5.28. The van der Waals surface area contributed by atoms with Crippen LogP contribution >= 0.6 is 0 Å². The molecule has 2 heterocycles. The van der Waals surface area contributed by atoms with Gasteiger partial charge in [0.15, 0.2) is 5.79 Å². The third-order valence-corrected chi connectivity index (χ3v) is 4.26. The molecule has 0 radical (unpaired) electrons. The molecule has 1 aromatic carbocycles. The van der Waals surface area contributed by atoms with Crippen LogP contribution in [0.2, 0.25) is 0 Å². The van der Waals surface area contributed by atoms with E-state index in [1.165, 1.54) is 0 Å². The summed E-state index contributed by atoms with van der Waals surface area (Å²) in [5.41, 5.74) is 0.986. The number of rotatable bonds is 5. The third-order valence-electron chi connectivity index (χ3n) is 4.26. The smallest absolute Gasteiger partial charge is 0.190 e. The molecule has 0 aliphatic carbocycles. The number of ether oxygens (including phenoxy) is 3. The molecule has 0 N–H and O–H groups in total. The van der Waals surface area contributed by atoms with E-state index in [0.717, 1.165) is 11.3 Å². The first kappa shape index (κ1) is 18.9. The van der Waals surface area contributed by atoms with Gasteiger partial charge in [0.1, 0.15) is 11.4 Å². The fourth-order valence-electron chi connectivity index (χ4n) is 2.98. The van der Waals surface area contributed by atoms with Crippen molar-refractivity contribution in [3.63, 3.8) is 0 Å². The van der Waals surface area contributed by atoms with Gasteiger partial charge in [0.25, 0.3) is 0 Å². The SMILES string of the molecule is CC1(C)COC(Cc2ccc(OC(C)(C)C)cc2)(Cn2ccnc2)OC1. The van der Waals surface area contributed by atoms with Crippen molar-refractivity contribution in [2.75, 3.05) is 13.2 Å². The summed E-state index contributed by atoms with van der Waals surface area (Å²) in [5.74, 6) is 0.194. The maximum absolute atomic E-state index is 6.27. The molecule has 1 aliphatic rings. The van der Waals surface area contributed by atoms with Crippen LogP contribution in [0.4, 0.5) is 0 Å². The predicted octanol–water partition coefficient (Wildman–Crippen LogP) is 4.07. The molecule has 26 heavy (non-hydrogen) atoms. The molecule has 0 atom stereocenters. The number of nitrogens with zero attached hydrogens (tertiary/aromatic N) is 2. The van der Waals surface area contributed by atoms with E-state index in [-0.39, 0.29) is 11.0 Å². The first-order chi connectivity index (χ1) is 12.1. The summed E-state index contributed by atoms with van der Waals surface area (Å²) in [6.45, 7) is 12.4. The molecule has 1 aliphatic heterocycles. The Hall–Kier alpha value is -1.85. The minimum Gasteiger partial charge on any atom is -0.488 e. The van der Waals surface area contributed by atoms with Crippen LogP contribution in [-0.2, 0) is 22.4 Å². The number of imidazole rings is 1. The number of aromatic nitrogens is 2. The molecule has 0 bridgehead atoms. The van der Waals surface area contributed by atoms with Crippen LogP contribution in [0.3, 0.4) is 0 Å². The Morgan fingerprint density at radius 2 is 1.77 bits per heavy atom. The van der Waals surface area contributed by atoms with Crippen LogP contribution in [0.1, 0.15) is 40.2 Å². The maximum atomic E-state index is 6.27. The second-order valence-corrected chi connectivity index (χ2v) is 8.92. The van der Waals surface area contributed by atoms with Gasteiger partial charge in [-0.2, -0.15) is 0 Å². The monoisotopic (exact) mass is 358 g/mol. The Balaban J connectivity index is 1.75. The zero-order valence-corrected chi connectivity index (χ0v) is 16.5. The van der Waals surface area contributed by atoms with E-state index in [1.54, 1.807) is 12.5 Å². The molecule has 0 unspecified atom stereocenters. The molecular formula is C21H30N2O3. The second kappa shape index (κ2) is 7.05. The standard InChI is InChI=1S/C21H30N2O3/c1-19(2,3)26-18-8-6-17(7-9-18)12-21(13-23-11-10-22-16-23)24-14-20(4,5)15-25-21/h6-11,16H,12-15H2,1-5H3. The minimum absolute atomic E-state index is 0.0306. The van der Waals surface area contributed by atoms with Gasteiger partial charge in [0, 0.05) is 24.2 Å². The van der Waals surface area contributed by atoms with Gasteiger partial charge in [-0.3, -0.25) is 0 Å². The molecule has 2 aromatic rings. The largest absolute Gasteiger partial charge is 0.488 e. The van der Waals surface area contributed by atoms with Crippen LogP contribution in [-0.4, -0.2) is 34.2 Å². The first-order valence-electron chi connectivity index (χ1n) is 9.17. The summed E-state index contributed by atoms with van der Waals surface area (Å²) in [5, 5.41) is 0. The fourth-order valence-corrected chi connectivity index (χ4v) is 2.98.